The summed E-state index contributed by atoms with van der Waals surface area (Å²) in [5.74, 6) is -0.320. The summed E-state index contributed by atoms with van der Waals surface area (Å²) in [5.41, 5.74) is 0.560. The van der Waals surface area contributed by atoms with Gasteiger partial charge >= 0.3 is 0 Å². The van der Waals surface area contributed by atoms with Gasteiger partial charge in [0.25, 0.3) is 5.97 Å². The Morgan fingerprint density at radius 1 is 0.564 bits per heavy atom. The molecule has 0 saturated carbocycles. The van der Waals surface area contributed by atoms with Crippen LogP contribution in [-0.4, -0.2) is 25.3 Å². The van der Waals surface area contributed by atoms with Crippen LogP contribution < -0.4 is 0 Å². The number of rotatable bonds is 38. The molecule has 0 amide bonds. The van der Waals surface area contributed by atoms with Crippen LogP contribution in [-0.2, 0) is 14.2 Å². The Morgan fingerprint density at radius 2 is 0.982 bits per heavy atom. The summed E-state index contributed by atoms with van der Waals surface area (Å²) in [6, 6.07) is 0. The lowest BCUT2D eigenvalue weighted by atomic mass is 9.71. The first kappa shape index (κ1) is 51.9. The Hall–Kier alpha value is -1.16. The molecule has 0 bridgehead atoms. The van der Waals surface area contributed by atoms with Gasteiger partial charge in [0, 0.05) is 6.92 Å². The molecule has 3 nitrogen and oxygen atoms in total. The maximum atomic E-state index is 6.51. The van der Waals surface area contributed by atoms with Crippen molar-refractivity contribution in [1.29, 1.82) is 0 Å². The molecule has 0 aromatic heterocycles. The fraction of sp³-hybridized carbons (Fsp3) is 0.846. The van der Waals surface area contributed by atoms with Gasteiger partial charge in [-0.3, -0.25) is 0 Å². The van der Waals surface area contributed by atoms with Gasteiger partial charge in [-0.2, -0.15) is 0 Å². The minimum absolute atomic E-state index is 0.103. The van der Waals surface area contributed by atoms with Gasteiger partial charge in [0.15, 0.2) is 0 Å². The molecule has 1 fully saturated rings. The molecule has 1 aliphatic heterocycles. The van der Waals surface area contributed by atoms with Crippen LogP contribution in [0.25, 0.3) is 0 Å². The van der Waals surface area contributed by atoms with Gasteiger partial charge in [-0.15, -0.1) is 0 Å². The molecule has 0 radical (unpaired) electrons. The molecular formula is C52H96O3. The molecular weight excluding hydrogens is 673 g/mol. The SMILES string of the molecule is CCCCCC=CCC=CCCCCCCCCC(CCCCCCCCC=CCC=CCCCCC)COC1(C)OCC(CC(C)(C)CC(C)(C)CC)O1. The lowest BCUT2D eigenvalue weighted by molar-refractivity contribution is -0.329. The summed E-state index contributed by atoms with van der Waals surface area (Å²) < 4.78 is 19.2. The van der Waals surface area contributed by atoms with E-state index in [0.29, 0.717) is 17.9 Å². The number of unbranched alkanes of at least 4 members (excludes halogenated alkanes) is 18. The standard InChI is InChI=1S/C52H96O3/c1-9-12-14-16-18-20-22-24-26-28-30-32-34-36-38-40-42-48(43-41-39-37-35-33-31-29-27-25-23-21-19-17-15-13-10-2)45-53-52(8)54-46-49(55-52)44-51(6,7)47-50(4,5)11-3/h18-21,24-27,48-49H,9-17,22-23,28-47H2,1-8H3. The van der Waals surface area contributed by atoms with E-state index in [-0.39, 0.29) is 11.5 Å². The summed E-state index contributed by atoms with van der Waals surface area (Å²) in [5, 5.41) is 0. The average molecular weight is 769 g/mol. The van der Waals surface area contributed by atoms with Crippen LogP contribution in [0.4, 0.5) is 0 Å². The van der Waals surface area contributed by atoms with Gasteiger partial charge in [0.2, 0.25) is 0 Å². The first-order chi connectivity index (χ1) is 26.5. The second kappa shape index (κ2) is 33.8. The number of hydrogen-bond donors (Lipinski definition) is 0. The monoisotopic (exact) mass is 769 g/mol. The molecule has 55 heavy (non-hydrogen) atoms. The Kier molecular flexibility index (Phi) is 31.8. The lowest BCUT2D eigenvalue weighted by Gasteiger charge is -2.36. The van der Waals surface area contributed by atoms with Gasteiger partial charge in [-0.1, -0.05) is 193 Å². The highest BCUT2D eigenvalue weighted by Crippen LogP contribution is 2.41. The van der Waals surface area contributed by atoms with Crippen molar-refractivity contribution in [3.8, 4) is 0 Å². The van der Waals surface area contributed by atoms with Crippen molar-refractivity contribution < 1.29 is 14.2 Å². The van der Waals surface area contributed by atoms with Crippen molar-refractivity contribution >= 4 is 0 Å². The summed E-state index contributed by atoms with van der Waals surface area (Å²) in [6.07, 6.45) is 56.2. The van der Waals surface area contributed by atoms with E-state index < -0.39 is 5.97 Å². The summed E-state index contributed by atoms with van der Waals surface area (Å²) in [6.45, 7) is 19.8. The highest BCUT2D eigenvalue weighted by molar-refractivity contribution is 4.93. The third-order valence-electron chi connectivity index (χ3n) is 11.8. The quantitative estimate of drug-likeness (QED) is 0.0462. The lowest BCUT2D eigenvalue weighted by Crippen LogP contribution is -2.34. The molecule has 2 atom stereocenters. The highest BCUT2D eigenvalue weighted by Gasteiger charge is 2.41. The predicted octanol–water partition coefficient (Wildman–Crippen LogP) is 17.4. The van der Waals surface area contributed by atoms with Gasteiger partial charge in [-0.25, -0.2) is 0 Å². The summed E-state index contributed by atoms with van der Waals surface area (Å²) in [7, 11) is 0. The summed E-state index contributed by atoms with van der Waals surface area (Å²) in [4.78, 5) is 0. The maximum Gasteiger partial charge on any atom is 0.280 e. The molecule has 1 heterocycles. The van der Waals surface area contributed by atoms with E-state index in [0.717, 1.165) is 25.9 Å². The molecule has 0 aromatic rings. The van der Waals surface area contributed by atoms with Crippen LogP contribution in [0.5, 0.6) is 0 Å². The Bertz CT molecular complexity index is 925. The van der Waals surface area contributed by atoms with E-state index in [9.17, 15) is 0 Å². The fourth-order valence-electron chi connectivity index (χ4n) is 8.32. The van der Waals surface area contributed by atoms with Gasteiger partial charge in [0.1, 0.15) is 0 Å². The molecule has 0 N–H and O–H groups in total. The van der Waals surface area contributed by atoms with Crippen LogP contribution in [0.3, 0.4) is 0 Å². The Morgan fingerprint density at radius 3 is 1.42 bits per heavy atom. The van der Waals surface area contributed by atoms with Crippen molar-refractivity contribution in [3.05, 3.63) is 48.6 Å². The zero-order valence-corrected chi connectivity index (χ0v) is 38.4. The minimum Gasteiger partial charge on any atom is -0.327 e. The Labute approximate surface area is 345 Å². The first-order valence-electron chi connectivity index (χ1n) is 24.1. The third-order valence-corrected chi connectivity index (χ3v) is 11.8. The van der Waals surface area contributed by atoms with Crippen molar-refractivity contribution in [3.63, 3.8) is 0 Å². The molecule has 3 heteroatoms. The molecule has 0 aliphatic carbocycles. The zero-order valence-electron chi connectivity index (χ0n) is 38.4. The van der Waals surface area contributed by atoms with Crippen LogP contribution in [0.2, 0.25) is 0 Å². The van der Waals surface area contributed by atoms with Crippen LogP contribution in [0.15, 0.2) is 48.6 Å². The topological polar surface area (TPSA) is 27.7 Å². The second-order valence-corrected chi connectivity index (χ2v) is 18.9. The minimum atomic E-state index is -0.905. The number of hydrogen-bond acceptors (Lipinski definition) is 3. The van der Waals surface area contributed by atoms with E-state index in [1.807, 2.05) is 6.92 Å². The van der Waals surface area contributed by atoms with E-state index >= 15 is 0 Å². The highest BCUT2D eigenvalue weighted by atomic mass is 16.9. The summed E-state index contributed by atoms with van der Waals surface area (Å²) >= 11 is 0. The van der Waals surface area contributed by atoms with Gasteiger partial charge in [-0.05, 0) is 107 Å². The van der Waals surface area contributed by atoms with Crippen LogP contribution in [0, 0.1) is 16.7 Å². The Balaban J connectivity index is 2.39. The van der Waals surface area contributed by atoms with E-state index in [1.165, 1.54) is 167 Å². The normalized spacial score (nSPS) is 19.0. The smallest absolute Gasteiger partial charge is 0.280 e. The van der Waals surface area contributed by atoms with Crippen molar-refractivity contribution in [2.45, 2.75) is 254 Å². The molecule has 322 valence electrons. The zero-order chi connectivity index (χ0) is 40.4. The van der Waals surface area contributed by atoms with Crippen LogP contribution in [0.1, 0.15) is 242 Å². The predicted molar refractivity (Wildman–Crippen MR) is 244 cm³/mol. The number of allylic oxidation sites excluding steroid dienone is 8. The molecule has 1 saturated heterocycles. The van der Waals surface area contributed by atoms with E-state index in [1.54, 1.807) is 0 Å². The van der Waals surface area contributed by atoms with Crippen LogP contribution >= 0.6 is 0 Å². The molecule has 0 aromatic carbocycles. The molecule has 1 rings (SSSR count). The average Bonchev–Trinajstić information content (AvgIpc) is 3.51. The second-order valence-electron chi connectivity index (χ2n) is 18.9. The van der Waals surface area contributed by atoms with Crippen molar-refractivity contribution in [1.82, 2.24) is 0 Å². The van der Waals surface area contributed by atoms with Gasteiger partial charge < -0.3 is 14.2 Å². The molecule has 1 aliphatic rings. The third kappa shape index (κ3) is 31.5. The van der Waals surface area contributed by atoms with Crippen molar-refractivity contribution in [2.75, 3.05) is 13.2 Å². The van der Waals surface area contributed by atoms with Gasteiger partial charge in [0.05, 0.1) is 19.3 Å². The first-order valence-corrected chi connectivity index (χ1v) is 24.1. The number of ether oxygens (including phenoxy) is 3. The van der Waals surface area contributed by atoms with E-state index in [2.05, 4.69) is 97.1 Å². The fourth-order valence-corrected chi connectivity index (χ4v) is 8.32. The maximum absolute atomic E-state index is 6.51. The van der Waals surface area contributed by atoms with Crippen molar-refractivity contribution in [2.24, 2.45) is 16.7 Å². The molecule has 2 unspecified atom stereocenters. The van der Waals surface area contributed by atoms with E-state index in [4.69, 9.17) is 14.2 Å². The largest absolute Gasteiger partial charge is 0.327 e. The molecule has 0 spiro atoms.